The van der Waals surface area contributed by atoms with E-state index in [9.17, 15) is 18.0 Å². The molecule has 0 bridgehead atoms. The Morgan fingerprint density at radius 2 is 1.57 bits per heavy atom. The average Bonchev–Trinajstić information content (AvgIpc) is 2.99. The quantitative estimate of drug-likeness (QED) is 0.404. The maximum Gasteiger partial charge on any atom is 0.243 e. The van der Waals surface area contributed by atoms with Gasteiger partial charge in [-0.25, -0.2) is 8.42 Å². The molecule has 2 amide bonds. The van der Waals surface area contributed by atoms with E-state index in [1.54, 1.807) is 30.3 Å². The monoisotopic (exact) mass is 569 g/mol. The molecule has 0 spiro atoms. The number of amides is 2. The van der Waals surface area contributed by atoms with Crippen molar-refractivity contribution in [2.75, 3.05) is 39.9 Å². The van der Waals surface area contributed by atoms with Crippen molar-refractivity contribution in [2.24, 2.45) is 5.92 Å². The molecular formula is C31H43N3O5S. The van der Waals surface area contributed by atoms with Crippen LogP contribution in [0.1, 0.15) is 56.1 Å². The van der Waals surface area contributed by atoms with Crippen molar-refractivity contribution in [3.63, 3.8) is 0 Å². The second kappa shape index (κ2) is 14.2. The lowest BCUT2D eigenvalue weighted by molar-refractivity contribution is -0.140. The Morgan fingerprint density at radius 3 is 2.20 bits per heavy atom. The standard InChI is InChI=1S/C31H43N3O5S/c1-25-13-15-26(16-14-25)23-34(28-17-19-32(20-18-28)31(36)27-9-5-3-6-10-27)30(35)24-33(21-22-39-2)40(37,38)29-11-7-4-8-12-29/h4,7-8,11-16,27-28H,3,5-6,9-10,17-24H2,1-2H3. The maximum atomic E-state index is 13.9. The van der Waals surface area contributed by atoms with Gasteiger partial charge in [0.2, 0.25) is 21.8 Å². The number of hydrogen-bond donors (Lipinski definition) is 0. The molecule has 0 aromatic heterocycles. The maximum absolute atomic E-state index is 13.9. The molecule has 9 heteroatoms. The fraction of sp³-hybridized carbons (Fsp3) is 0.548. The largest absolute Gasteiger partial charge is 0.383 e. The molecule has 0 N–H and O–H groups in total. The van der Waals surface area contributed by atoms with Gasteiger partial charge in [0.25, 0.3) is 0 Å². The third-order valence-electron chi connectivity index (χ3n) is 8.20. The number of methoxy groups -OCH3 is 1. The van der Waals surface area contributed by atoms with Crippen molar-refractivity contribution < 1.29 is 22.7 Å². The predicted octanol–water partition coefficient (Wildman–Crippen LogP) is 4.23. The number of carbonyl (C=O) groups is 2. The van der Waals surface area contributed by atoms with Crippen LogP contribution in [0.2, 0.25) is 0 Å². The summed E-state index contributed by atoms with van der Waals surface area (Å²) in [6.07, 6.45) is 6.77. The molecule has 1 heterocycles. The van der Waals surface area contributed by atoms with Gasteiger partial charge >= 0.3 is 0 Å². The molecule has 2 fully saturated rings. The summed E-state index contributed by atoms with van der Waals surface area (Å²) in [5.41, 5.74) is 2.13. The Kier molecular flexibility index (Phi) is 10.8. The van der Waals surface area contributed by atoms with E-state index in [4.69, 9.17) is 4.74 Å². The van der Waals surface area contributed by atoms with Gasteiger partial charge in [0.05, 0.1) is 18.0 Å². The molecule has 1 aliphatic heterocycles. The molecular weight excluding hydrogens is 526 g/mol. The Morgan fingerprint density at radius 1 is 0.925 bits per heavy atom. The molecule has 218 valence electrons. The second-order valence-electron chi connectivity index (χ2n) is 11.0. The minimum absolute atomic E-state index is 0.0756. The van der Waals surface area contributed by atoms with Crippen molar-refractivity contribution >= 4 is 21.8 Å². The summed E-state index contributed by atoms with van der Waals surface area (Å²) in [6, 6.07) is 16.2. The number of hydrogen-bond acceptors (Lipinski definition) is 5. The molecule has 1 aliphatic carbocycles. The number of aryl methyl sites for hydroxylation is 1. The Balaban J connectivity index is 1.51. The molecule has 0 atom stereocenters. The number of rotatable bonds is 11. The summed E-state index contributed by atoms with van der Waals surface area (Å²) in [5, 5.41) is 0. The molecule has 0 radical (unpaired) electrons. The molecule has 1 saturated carbocycles. The van der Waals surface area contributed by atoms with Crippen LogP contribution < -0.4 is 0 Å². The Bertz CT molecular complexity index is 1210. The van der Waals surface area contributed by atoms with Gasteiger partial charge in [0.1, 0.15) is 0 Å². The zero-order valence-corrected chi connectivity index (χ0v) is 24.7. The van der Waals surface area contributed by atoms with E-state index in [2.05, 4.69) is 0 Å². The summed E-state index contributed by atoms with van der Waals surface area (Å²) in [5.74, 6) is 0.149. The van der Waals surface area contributed by atoms with Gasteiger partial charge in [0, 0.05) is 45.2 Å². The van der Waals surface area contributed by atoms with Crippen molar-refractivity contribution in [2.45, 2.75) is 69.4 Å². The average molecular weight is 570 g/mol. The van der Waals surface area contributed by atoms with E-state index in [0.717, 1.165) is 36.8 Å². The summed E-state index contributed by atoms with van der Waals surface area (Å²) >= 11 is 0. The molecule has 8 nitrogen and oxygen atoms in total. The number of likely N-dealkylation sites (tertiary alicyclic amines) is 1. The van der Waals surface area contributed by atoms with Gasteiger partial charge in [-0.15, -0.1) is 0 Å². The minimum Gasteiger partial charge on any atom is -0.383 e. The van der Waals surface area contributed by atoms with Crippen LogP contribution in [-0.4, -0.2) is 80.3 Å². The highest BCUT2D eigenvalue weighted by molar-refractivity contribution is 7.89. The Hall–Kier alpha value is -2.75. The topological polar surface area (TPSA) is 87.2 Å². The van der Waals surface area contributed by atoms with E-state index < -0.39 is 10.0 Å². The van der Waals surface area contributed by atoms with E-state index >= 15 is 0 Å². The smallest absolute Gasteiger partial charge is 0.243 e. The van der Waals surface area contributed by atoms with E-state index in [-0.39, 0.29) is 48.4 Å². The zero-order chi connectivity index (χ0) is 28.5. The number of nitrogens with zero attached hydrogens (tertiary/aromatic N) is 3. The molecule has 2 aromatic rings. The van der Waals surface area contributed by atoms with Crippen LogP contribution in [0.15, 0.2) is 59.5 Å². The lowest BCUT2D eigenvalue weighted by Gasteiger charge is -2.40. The molecule has 1 saturated heterocycles. The molecule has 4 rings (SSSR count). The van der Waals surface area contributed by atoms with Crippen LogP contribution in [0.5, 0.6) is 0 Å². The number of ether oxygens (including phenoxy) is 1. The summed E-state index contributed by atoms with van der Waals surface area (Å²) < 4.78 is 33.4. The van der Waals surface area contributed by atoms with Gasteiger partial charge in [-0.05, 0) is 50.3 Å². The van der Waals surface area contributed by atoms with Crippen LogP contribution >= 0.6 is 0 Å². The van der Waals surface area contributed by atoms with Crippen LogP contribution in [0.4, 0.5) is 0 Å². The van der Waals surface area contributed by atoms with E-state index in [1.807, 2.05) is 41.0 Å². The van der Waals surface area contributed by atoms with Crippen molar-refractivity contribution in [1.82, 2.24) is 14.1 Å². The Labute approximate surface area is 239 Å². The van der Waals surface area contributed by atoms with Crippen molar-refractivity contribution in [1.29, 1.82) is 0 Å². The number of benzene rings is 2. The number of carbonyl (C=O) groups excluding carboxylic acids is 2. The van der Waals surface area contributed by atoms with Gasteiger partial charge in [-0.3, -0.25) is 9.59 Å². The van der Waals surface area contributed by atoms with E-state index in [1.165, 1.54) is 17.8 Å². The fourth-order valence-electron chi connectivity index (χ4n) is 5.78. The number of sulfonamides is 1. The van der Waals surface area contributed by atoms with Crippen LogP contribution in [0.25, 0.3) is 0 Å². The van der Waals surface area contributed by atoms with Crippen molar-refractivity contribution in [3.8, 4) is 0 Å². The first-order chi connectivity index (χ1) is 19.3. The molecule has 40 heavy (non-hydrogen) atoms. The van der Waals surface area contributed by atoms with Gasteiger partial charge in [0.15, 0.2) is 0 Å². The summed E-state index contributed by atoms with van der Waals surface area (Å²) in [7, 11) is -2.38. The van der Waals surface area contributed by atoms with Gasteiger partial charge in [-0.2, -0.15) is 4.31 Å². The van der Waals surface area contributed by atoms with Crippen LogP contribution in [0.3, 0.4) is 0 Å². The molecule has 2 aromatic carbocycles. The second-order valence-corrected chi connectivity index (χ2v) is 13.0. The van der Waals surface area contributed by atoms with Gasteiger partial charge in [-0.1, -0.05) is 67.3 Å². The first-order valence-electron chi connectivity index (χ1n) is 14.5. The highest BCUT2D eigenvalue weighted by Crippen LogP contribution is 2.28. The normalized spacial score (nSPS) is 17.2. The van der Waals surface area contributed by atoms with Crippen molar-refractivity contribution in [3.05, 3.63) is 65.7 Å². The molecule has 0 unspecified atom stereocenters. The zero-order valence-electron chi connectivity index (χ0n) is 23.8. The first kappa shape index (κ1) is 30.2. The van der Waals surface area contributed by atoms with Crippen LogP contribution in [-0.2, 0) is 30.9 Å². The van der Waals surface area contributed by atoms with E-state index in [0.29, 0.717) is 32.5 Å². The lowest BCUT2D eigenvalue weighted by Crippen LogP contribution is -2.52. The summed E-state index contributed by atoms with van der Waals surface area (Å²) in [6.45, 7) is 3.64. The SMILES string of the molecule is COCCN(CC(=O)N(Cc1ccc(C)cc1)C1CCN(C(=O)C2CCCCC2)CC1)S(=O)(=O)c1ccccc1. The van der Waals surface area contributed by atoms with Crippen LogP contribution in [0, 0.1) is 12.8 Å². The summed E-state index contributed by atoms with van der Waals surface area (Å²) in [4.78, 5) is 31.0. The molecule has 2 aliphatic rings. The first-order valence-corrected chi connectivity index (χ1v) is 15.9. The minimum atomic E-state index is -3.89. The highest BCUT2D eigenvalue weighted by atomic mass is 32.2. The number of piperidine rings is 1. The highest BCUT2D eigenvalue weighted by Gasteiger charge is 2.35. The fourth-order valence-corrected chi connectivity index (χ4v) is 7.17. The third kappa shape index (κ3) is 7.71. The lowest BCUT2D eigenvalue weighted by atomic mass is 9.87. The van der Waals surface area contributed by atoms with Gasteiger partial charge < -0.3 is 14.5 Å². The third-order valence-corrected chi connectivity index (χ3v) is 10.1. The predicted molar refractivity (Wildman–Crippen MR) is 155 cm³/mol.